The minimum Gasteiger partial charge on any atom is -0.351 e. The second-order valence-electron chi connectivity index (χ2n) is 8.22. The molecule has 4 aromatic rings. The van der Waals surface area contributed by atoms with Crippen LogP contribution in [-0.4, -0.2) is 49.0 Å². The summed E-state index contributed by atoms with van der Waals surface area (Å²) < 4.78 is 3.65. The van der Waals surface area contributed by atoms with Crippen molar-refractivity contribution in [3.63, 3.8) is 0 Å². The third kappa shape index (κ3) is 4.14. The molecule has 2 aromatic carbocycles. The van der Waals surface area contributed by atoms with Crippen LogP contribution in [-0.2, 0) is 24.7 Å². The van der Waals surface area contributed by atoms with Gasteiger partial charge in [-0.15, -0.1) is 5.10 Å². The fourth-order valence-electron chi connectivity index (χ4n) is 4.42. The van der Waals surface area contributed by atoms with E-state index in [1.165, 1.54) is 23.6 Å². The molecule has 9 nitrogen and oxygen atoms in total. The highest BCUT2D eigenvalue weighted by atomic mass is 16.1. The van der Waals surface area contributed by atoms with Gasteiger partial charge in [0.1, 0.15) is 0 Å². The molecule has 9 heteroatoms. The van der Waals surface area contributed by atoms with E-state index in [0.717, 1.165) is 35.0 Å². The number of hydrogen-bond donors (Lipinski definition) is 2. The predicted molar refractivity (Wildman–Crippen MR) is 125 cm³/mol. The molecule has 1 aliphatic rings. The first-order valence-corrected chi connectivity index (χ1v) is 11.1. The minimum atomic E-state index is -0.284. The number of nitrogens with one attached hydrogen (secondary N) is 2. The molecule has 0 fully saturated rings. The van der Waals surface area contributed by atoms with E-state index in [0.29, 0.717) is 18.9 Å². The van der Waals surface area contributed by atoms with Gasteiger partial charge in [-0.1, -0.05) is 24.8 Å². The average molecular weight is 443 g/mol. The zero-order valence-corrected chi connectivity index (χ0v) is 18.5. The second-order valence-corrected chi connectivity index (χ2v) is 8.22. The molecule has 5 rings (SSSR count). The Balaban J connectivity index is 1.50. The van der Waals surface area contributed by atoms with Gasteiger partial charge in [0.25, 0.3) is 0 Å². The Kier molecular flexibility index (Phi) is 5.70. The maximum atomic E-state index is 11.5. The number of hydrogen-bond acceptors (Lipinski definition) is 6. The smallest absolute Gasteiger partial charge is 0.243 e. The first-order valence-electron chi connectivity index (χ1n) is 11.1. The summed E-state index contributed by atoms with van der Waals surface area (Å²) >= 11 is 0. The first kappa shape index (κ1) is 21.0. The van der Waals surface area contributed by atoms with Gasteiger partial charge < -0.3 is 10.6 Å². The third-order valence-electron chi connectivity index (χ3n) is 6.14. The summed E-state index contributed by atoms with van der Waals surface area (Å²) in [7, 11) is 1.92. The predicted octanol–water partition coefficient (Wildman–Crippen LogP) is 2.02. The summed E-state index contributed by atoms with van der Waals surface area (Å²) in [5.74, 6) is 0.483. The highest BCUT2D eigenvalue weighted by Crippen LogP contribution is 2.28. The van der Waals surface area contributed by atoms with Crippen LogP contribution in [0, 0.1) is 0 Å². The molecule has 33 heavy (non-hydrogen) atoms. The van der Waals surface area contributed by atoms with Crippen LogP contribution in [0.3, 0.4) is 0 Å². The van der Waals surface area contributed by atoms with Crippen molar-refractivity contribution in [1.82, 2.24) is 40.6 Å². The van der Waals surface area contributed by atoms with Crippen LogP contribution < -0.4 is 10.6 Å². The lowest BCUT2D eigenvalue weighted by Crippen LogP contribution is -2.34. The van der Waals surface area contributed by atoms with Gasteiger partial charge in [0.15, 0.2) is 5.82 Å². The number of tetrazole rings is 1. The number of amides is 1. The van der Waals surface area contributed by atoms with E-state index < -0.39 is 0 Å². The monoisotopic (exact) mass is 442 g/mol. The molecule has 0 spiro atoms. The van der Waals surface area contributed by atoms with Crippen LogP contribution >= 0.6 is 0 Å². The molecule has 0 bridgehead atoms. The molecule has 1 atom stereocenters. The minimum absolute atomic E-state index is 0.201. The van der Waals surface area contributed by atoms with Gasteiger partial charge in [0.2, 0.25) is 5.91 Å². The maximum absolute atomic E-state index is 11.5. The number of rotatable bonds is 8. The first-order chi connectivity index (χ1) is 16.1. The van der Waals surface area contributed by atoms with Crippen molar-refractivity contribution < 1.29 is 4.79 Å². The number of carbonyl (C=O) groups excluding carboxylic acids is 1. The Morgan fingerprint density at radius 2 is 2.06 bits per heavy atom. The van der Waals surface area contributed by atoms with Crippen LogP contribution in [0.2, 0.25) is 0 Å². The maximum Gasteiger partial charge on any atom is 0.243 e. The molecular formula is C24H26N8O. The Morgan fingerprint density at radius 3 is 2.94 bits per heavy atom. The van der Waals surface area contributed by atoms with E-state index in [2.05, 4.69) is 74.2 Å². The Hall–Kier alpha value is -3.85. The lowest BCUT2D eigenvalue weighted by Gasteiger charge is -2.19. The van der Waals surface area contributed by atoms with Gasteiger partial charge in [-0.05, 0) is 70.7 Å². The fraction of sp³-hybridized carbons (Fsp3) is 0.292. The highest BCUT2D eigenvalue weighted by Gasteiger charge is 2.23. The third-order valence-corrected chi connectivity index (χ3v) is 6.14. The highest BCUT2D eigenvalue weighted by molar-refractivity contribution is 5.86. The van der Waals surface area contributed by atoms with Crippen molar-refractivity contribution in [2.75, 3.05) is 13.1 Å². The largest absolute Gasteiger partial charge is 0.351 e. The molecule has 0 aliphatic heterocycles. The molecule has 1 amide bonds. The van der Waals surface area contributed by atoms with Gasteiger partial charge in [-0.3, -0.25) is 9.48 Å². The summed E-state index contributed by atoms with van der Waals surface area (Å²) in [6.45, 7) is 4.48. The van der Waals surface area contributed by atoms with Crippen molar-refractivity contribution in [1.29, 1.82) is 0 Å². The Morgan fingerprint density at radius 1 is 1.18 bits per heavy atom. The number of fused-ring (bicyclic) bond motifs is 2. The molecule has 1 aliphatic carbocycles. The van der Waals surface area contributed by atoms with Crippen LogP contribution in [0.25, 0.3) is 16.6 Å². The van der Waals surface area contributed by atoms with Crippen LogP contribution in [0.1, 0.15) is 35.0 Å². The van der Waals surface area contributed by atoms with E-state index in [1.54, 1.807) is 4.68 Å². The van der Waals surface area contributed by atoms with Gasteiger partial charge in [0, 0.05) is 25.5 Å². The molecule has 2 aromatic heterocycles. The lowest BCUT2D eigenvalue weighted by atomic mass is 10.0. The number of aromatic nitrogens is 6. The Bertz CT molecular complexity index is 1320. The van der Waals surface area contributed by atoms with Crippen molar-refractivity contribution in [3.8, 4) is 5.69 Å². The number of carbonyl (C=O) groups is 1. The summed E-state index contributed by atoms with van der Waals surface area (Å²) in [5, 5.41) is 24.4. The van der Waals surface area contributed by atoms with Gasteiger partial charge in [0.05, 0.1) is 23.4 Å². The fourth-order valence-corrected chi connectivity index (χ4v) is 4.42. The second kappa shape index (κ2) is 8.95. The normalized spacial score (nSPS) is 13.7. The lowest BCUT2D eigenvalue weighted by molar-refractivity contribution is -0.116. The molecule has 0 radical (unpaired) electrons. The zero-order valence-electron chi connectivity index (χ0n) is 18.5. The van der Waals surface area contributed by atoms with E-state index >= 15 is 0 Å². The quantitative estimate of drug-likeness (QED) is 0.320. The van der Waals surface area contributed by atoms with Gasteiger partial charge in [-0.2, -0.15) is 9.78 Å². The molecule has 2 heterocycles. The Labute approximate surface area is 191 Å². The van der Waals surface area contributed by atoms with E-state index in [4.69, 9.17) is 0 Å². The summed E-state index contributed by atoms with van der Waals surface area (Å²) in [6, 6.07) is 12.4. The van der Waals surface area contributed by atoms with Crippen molar-refractivity contribution in [3.05, 3.63) is 77.8 Å². The standard InChI is InChI=1S/C24H26N8O/c1-3-22(33)25-11-12-26-23(18-7-8-19-15-27-31(2)21(19)14-18)24-28-29-30-32(24)20-10-9-16-5-4-6-17(16)13-20/h3,7-10,13-15,23,26H,1,4-6,11-12H2,2H3,(H,25,33). The van der Waals surface area contributed by atoms with Crippen molar-refractivity contribution in [2.24, 2.45) is 7.05 Å². The summed E-state index contributed by atoms with van der Waals surface area (Å²) in [4.78, 5) is 11.5. The number of benzene rings is 2. The zero-order chi connectivity index (χ0) is 22.8. The van der Waals surface area contributed by atoms with E-state index in [1.807, 2.05) is 17.9 Å². The number of nitrogens with zero attached hydrogens (tertiary/aromatic N) is 6. The van der Waals surface area contributed by atoms with Crippen LogP contribution in [0.15, 0.2) is 55.3 Å². The van der Waals surface area contributed by atoms with Gasteiger partial charge in [-0.25, -0.2) is 0 Å². The van der Waals surface area contributed by atoms with Crippen LogP contribution in [0.5, 0.6) is 0 Å². The molecule has 168 valence electrons. The van der Waals surface area contributed by atoms with Crippen LogP contribution in [0.4, 0.5) is 0 Å². The molecular weight excluding hydrogens is 416 g/mol. The molecule has 0 saturated heterocycles. The van der Waals surface area contributed by atoms with E-state index in [-0.39, 0.29) is 11.9 Å². The molecule has 0 saturated carbocycles. The SMILES string of the molecule is C=CC(=O)NCCNC(c1ccc2cnn(C)c2c1)c1nnnn1-c1ccc2c(c1)CCC2. The topological polar surface area (TPSA) is 103 Å². The van der Waals surface area contributed by atoms with Crippen molar-refractivity contribution in [2.45, 2.75) is 25.3 Å². The van der Waals surface area contributed by atoms with Gasteiger partial charge >= 0.3 is 0 Å². The van der Waals surface area contributed by atoms with Crippen molar-refractivity contribution >= 4 is 16.8 Å². The van der Waals surface area contributed by atoms with E-state index in [9.17, 15) is 4.79 Å². The summed E-state index contributed by atoms with van der Waals surface area (Å²) in [5.41, 5.74) is 5.75. The molecule has 2 N–H and O–H groups in total. The summed E-state index contributed by atoms with van der Waals surface area (Å²) in [6.07, 6.45) is 6.52. The average Bonchev–Trinajstić information content (AvgIpc) is 3.58. The molecule has 1 unspecified atom stereocenters. The number of aryl methyl sites for hydroxylation is 3.